The summed E-state index contributed by atoms with van der Waals surface area (Å²) in [5, 5.41) is 3.55. The van der Waals surface area contributed by atoms with Gasteiger partial charge in [0, 0.05) is 24.1 Å². The molecule has 26 heavy (non-hydrogen) atoms. The maximum absolute atomic E-state index is 12.9. The van der Waals surface area contributed by atoms with Gasteiger partial charge in [-0.2, -0.15) is 0 Å². The van der Waals surface area contributed by atoms with Gasteiger partial charge in [0.25, 0.3) is 5.91 Å². The van der Waals surface area contributed by atoms with Crippen LogP contribution in [0.4, 0.5) is 4.39 Å². The fraction of sp³-hybridized carbons (Fsp3) is 0.200. The van der Waals surface area contributed by atoms with E-state index < -0.39 is 11.7 Å². The first-order chi connectivity index (χ1) is 12.5. The van der Waals surface area contributed by atoms with E-state index in [-0.39, 0.29) is 11.7 Å². The van der Waals surface area contributed by atoms with E-state index in [1.54, 1.807) is 43.3 Å². The molecule has 0 aliphatic heterocycles. The van der Waals surface area contributed by atoms with Crippen molar-refractivity contribution in [2.45, 2.75) is 19.4 Å². The number of halogens is 1. The normalized spacial score (nSPS) is 11.9. The van der Waals surface area contributed by atoms with Crippen LogP contribution in [-0.2, 0) is 11.2 Å². The highest BCUT2D eigenvalue weighted by Crippen LogP contribution is 2.20. The number of nitrogens with one attached hydrogen (secondary N) is 1. The van der Waals surface area contributed by atoms with Crippen molar-refractivity contribution in [3.63, 3.8) is 0 Å². The SMILES string of the molecule is C[C@@H](Oc1ccc2ccc(=O)oc2c1)C(=O)NCCc1ccc(F)cc1. The lowest BCUT2D eigenvalue weighted by atomic mass is 10.1. The van der Waals surface area contributed by atoms with Crippen molar-refractivity contribution in [3.05, 3.63) is 76.4 Å². The quantitative estimate of drug-likeness (QED) is 0.690. The minimum atomic E-state index is -0.712. The van der Waals surface area contributed by atoms with Crippen LogP contribution in [0.15, 0.2) is 63.8 Å². The van der Waals surface area contributed by atoms with Gasteiger partial charge in [0.05, 0.1) is 0 Å². The van der Waals surface area contributed by atoms with E-state index in [9.17, 15) is 14.0 Å². The Kier molecular flexibility index (Phi) is 5.31. The molecule has 0 unspecified atom stereocenters. The van der Waals surface area contributed by atoms with Crippen LogP contribution in [0.3, 0.4) is 0 Å². The highest BCUT2D eigenvalue weighted by Gasteiger charge is 2.14. The van der Waals surface area contributed by atoms with Crippen LogP contribution in [0.1, 0.15) is 12.5 Å². The number of carbonyl (C=O) groups excluding carboxylic acids is 1. The third kappa shape index (κ3) is 4.47. The fourth-order valence-corrected chi connectivity index (χ4v) is 2.50. The van der Waals surface area contributed by atoms with E-state index in [4.69, 9.17) is 9.15 Å². The molecule has 3 rings (SSSR count). The number of fused-ring (bicyclic) bond motifs is 1. The zero-order valence-electron chi connectivity index (χ0n) is 14.2. The van der Waals surface area contributed by atoms with Gasteiger partial charge in [0.1, 0.15) is 17.1 Å². The molecule has 0 aliphatic carbocycles. The van der Waals surface area contributed by atoms with Gasteiger partial charge in [0.15, 0.2) is 6.10 Å². The summed E-state index contributed by atoms with van der Waals surface area (Å²) in [6.07, 6.45) is -0.115. The predicted molar refractivity (Wildman–Crippen MR) is 95.7 cm³/mol. The Bertz CT molecular complexity index is 965. The Morgan fingerprint density at radius 1 is 1.15 bits per heavy atom. The molecular formula is C20H18FNO4. The molecule has 0 radical (unpaired) electrons. The highest BCUT2D eigenvalue weighted by molar-refractivity contribution is 5.81. The topological polar surface area (TPSA) is 68.5 Å². The predicted octanol–water partition coefficient (Wildman–Crippen LogP) is 3.06. The van der Waals surface area contributed by atoms with Crippen molar-refractivity contribution in [1.29, 1.82) is 0 Å². The van der Waals surface area contributed by atoms with E-state index in [0.29, 0.717) is 24.3 Å². The fourth-order valence-electron chi connectivity index (χ4n) is 2.50. The van der Waals surface area contributed by atoms with Crippen molar-refractivity contribution >= 4 is 16.9 Å². The largest absolute Gasteiger partial charge is 0.481 e. The maximum atomic E-state index is 12.9. The van der Waals surface area contributed by atoms with Crippen LogP contribution >= 0.6 is 0 Å². The molecule has 0 spiro atoms. The van der Waals surface area contributed by atoms with Gasteiger partial charge in [-0.05, 0) is 49.2 Å². The first-order valence-electron chi connectivity index (χ1n) is 8.24. The second-order valence-corrected chi connectivity index (χ2v) is 5.88. The lowest BCUT2D eigenvalue weighted by Crippen LogP contribution is -2.37. The summed E-state index contributed by atoms with van der Waals surface area (Å²) in [6, 6.07) is 14.2. The Labute approximate surface area is 149 Å². The first-order valence-corrected chi connectivity index (χ1v) is 8.24. The third-order valence-corrected chi connectivity index (χ3v) is 3.90. The Morgan fingerprint density at radius 3 is 2.65 bits per heavy atom. The van der Waals surface area contributed by atoms with Crippen LogP contribution < -0.4 is 15.7 Å². The summed E-state index contributed by atoms with van der Waals surface area (Å²) < 4.78 is 23.6. The van der Waals surface area contributed by atoms with Gasteiger partial charge in [-0.15, -0.1) is 0 Å². The number of amides is 1. The molecule has 1 N–H and O–H groups in total. The minimum Gasteiger partial charge on any atom is -0.481 e. The van der Waals surface area contributed by atoms with Crippen molar-refractivity contribution in [1.82, 2.24) is 5.32 Å². The van der Waals surface area contributed by atoms with E-state index >= 15 is 0 Å². The molecule has 1 aromatic heterocycles. The van der Waals surface area contributed by atoms with Crippen molar-refractivity contribution in [3.8, 4) is 5.75 Å². The molecule has 134 valence electrons. The molecule has 0 bridgehead atoms. The summed E-state index contributed by atoms with van der Waals surface area (Å²) >= 11 is 0. The molecule has 0 fully saturated rings. The van der Waals surface area contributed by atoms with Gasteiger partial charge in [-0.3, -0.25) is 4.79 Å². The molecule has 0 aliphatic rings. The second kappa shape index (κ2) is 7.82. The standard InChI is InChI=1S/C20H18FNO4/c1-13(20(24)22-11-10-14-2-6-16(21)7-3-14)25-17-8-4-15-5-9-19(23)26-18(15)12-17/h2-9,12-13H,10-11H2,1H3,(H,22,24)/t13-/m1/s1. The zero-order chi connectivity index (χ0) is 18.5. The first kappa shape index (κ1) is 17.7. The van der Waals surface area contributed by atoms with Gasteiger partial charge in [-0.25, -0.2) is 9.18 Å². The number of hydrogen-bond donors (Lipinski definition) is 1. The van der Waals surface area contributed by atoms with Crippen LogP contribution in [0.5, 0.6) is 5.75 Å². The van der Waals surface area contributed by atoms with E-state index in [0.717, 1.165) is 10.9 Å². The summed E-state index contributed by atoms with van der Waals surface area (Å²) in [7, 11) is 0. The minimum absolute atomic E-state index is 0.262. The summed E-state index contributed by atoms with van der Waals surface area (Å²) in [5.74, 6) is -0.110. The average Bonchev–Trinajstić information content (AvgIpc) is 2.63. The molecule has 1 amide bonds. The molecule has 5 nitrogen and oxygen atoms in total. The number of benzene rings is 2. The average molecular weight is 355 g/mol. The third-order valence-electron chi connectivity index (χ3n) is 3.90. The Hall–Kier alpha value is -3.15. The summed E-state index contributed by atoms with van der Waals surface area (Å²) in [4.78, 5) is 23.4. The van der Waals surface area contributed by atoms with E-state index in [2.05, 4.69) is 5.32 Å². The smallest absolute Gasteiger partial charge is 0.336 e. The van der Waals surface area contributed by atoms with Crippen LogP contribution in [0.25, 0.3) is 11.0 Å². The number of rotatable bonds is 6. The maximum Gasteiger partial charge on any atom is 0.336 e. The summed E-state index contributed by atoms with van der Waals surface area (Å²) in [6.45, 7) is 2.06. The van der Waals surface area contributed by atoms with Crippen molar-refractivity contribution in [2.24, 2.45) is 0 Å². The number of ether oxygens (including phenoxy) is 1. The molecule has 0 saturated heterocycles. The zero-order valence-corrected chi connectivity index (χ0v) is 14.2. The van der Waals surface area contributed by atoms with Crippen LogP contribution in [0, 0.1) is 5.82 Å². The molecule has 1 atom stereocenters. The number of carbonyl (C=O) groups is 1. The molecule has 6 heteroatoms. The summed E-state index contributed by atoms with van der Waals surface area (Å²) in [5.41, 5.74) is 0.894. The van der Waals surface area contributed by atoms with Gasteiger partial charge >= 0.3 is 5.63 Å². The van der Waals surface area contributed by atoms with Crippen molar-refractivity contribution in [2.75, 3.05) is 6.54 Å². The van der Waals surface area contributed by atoms with Crippen LogP contribution in [-0.4, -0.2) is 18.6 Å². The highest BCUT2D eigenvalue weighted by atomic mass is 19.1. The molecule has 2 aromatic carbocycles. The van der Waals surface area contributed by atoms with Gasteiger partial charge in [0.2, 0.25) is 0 Å². The lowest BCUT2D eigenvalue weighted by Gasteiger charge is -2.15. The van der Waals surface area contributed by atoms with E-state index in [1.165, 1.54) is 18.2 Å². The Morgan fingerprint density at radius 2 is 1.88 bits per heavy atom. The Balaban J connectivity index is 1.55. The monoisotopic (exact) mass is 355 g/mol. The van der Waals surface area contributed by atoms with Gasteiger partial charge < -0.3 is 14.5 Å². The molecule has 3 aromatic rings. The lowest BCUT2D eigenvalue weighted by molar-refractivity contribution is -0.127. The van der Waals surface area contributed by atoms with Crippen LogP contribution in [0.2, 0.25) is 0 Å². The molecule has 0 saturated carbocycles. The van der Waals surface area contributed by atoms with E-state index in [1.807, 2.05) is 0 Å². The van der Waals surface area contributed by atoms with Gasteiger partial charge in [-0.1, -0.05) is 12.1 Å². The molecular weight excluding hydrogens is 337 g/mol. The number of hydrogen-bond acceptors (Lipinski definition) is 4. The molecule has 1 heterocycles. The second-order valence-electron chi connectivity index (χ2n) is 5.88. The van der Waals surface area contributed by atoms with Crippen molar-refractivity contribution < 1.29 is 18.3 Å².